The molecule has 1 N–H and O–H groups in total. The van der Waals surface area contributed by atoms with Crippen molar-refractivity contribution in [2.24, 2.45) is 0 Å². The number of nitrogens with zero attached hydrogens (tertiary/aromatic N) is 5. The lowest BCUT2D eigenvalue weighted by molar-refractivity contribution is -0.120. The van der Waals surface area contributed by atoms with Crippen molar-refractivity contribution in [1.29, 1.82) is 0 Å². The number of benzene rings is 2. The minimum Gasteiger partial charge on any atom is -0.325 e. The van der Waals surface area contributed by atoms with Crippen molar-refractivity contribution in [1.82, 2.24) is 25.1 Å². The minimum atomic E-state index is -0.0625. The Bertz CT molecular complexity index is 896. The van der Waals surface area contributed by atoms with Gasteiger partial charge in [0.15, 0.2) is 0 Å². The van der Waals surface area contributed by atoms with Crippen molar-refractivity contribution in [2.45, 2.75) is 31.7 Å². The van der Waals surface area contributed by atoms with Crippen LogP contribution in [0.25, 0.3) is 5.69 Å². The quantitative estimate of drug-likeness (QED) is 0.686. The Labute approximate surface area is 164 Å². The van der Waals surface area contributed by atoms with E-state index in [1.807, 2.05) is 30.3 Å². The highest BCUT2D eigenvalue weighted by molar-refractivity contribution is 5.95. The topological polar surface area (TPSA) is 75.9 Å². The fraction of sp³-hybridized carbons (Fsp3) is 0.333. The molecule has 1 amide bonds. The average Bonchev–Trinajstić information content (AvgIpc) is 3.41. The van der Waals surface area contributed by atoms with Crippen LogP contribution < -0.4 is 5.32 Å². The first-order valence-corrected chi connectivity index (χ1v) is 9.72. The van der Waals surface area contributed by atoms with Crippen molar-refractivity contribution in [2.75, 3.05) is 18.4 Å². The number of likely N-dealkylation sites (tertiary alicyclic amines) is 1. The summed E-state index contributed by atoms with van der Waals surface area (Å²) < 4.78 is 1.57. The van der Waals surface area contributed by atoms with Crippen molar-refractivity contribution < 1.29 is 4.79 Å². The van der Waals surface area contributed by atoms with Gasteiger partial charge in [0.1, 0.15) is 6.33 Å². The zero-order valence-corrected chi connectivity index (χ0v) is 15.7. The summed E-state index contributed by atoms with van der Waals surface area (Å²) in [6.07, 6.45) is 5.60. The van der Waals surface area contributed by atoms with Gasteiger partial charge in [-0.3, -0.25) is 9.69 Å². The number of anilines is 1. The number of aromatic nitrogens is 4. The third kappa shape index (κ3) is 4.43. The molecule has 0 saturated carbocycles. The second-order valence-corrected chi connectivity index (χ2v) is 7.08. The van der Waals surface area contributed by atoms with Crippen LogP contribution in [0.1, 0.15) is 24.8 Å². The van der Waals surface area contributed by atoms with Gasteiger partial charge in [0, 0.05) is 5.69 Å². The summed E-state index contributed by atoms with van der Waals surface area (Å²) in [6, 6.07) is 18.0. The monoisotopic (exact) mass is 376 g/mol. The fourth-order valence-electron chi connectivity index (χ4n) is 3.75. The van der Waals surface area contributed by atoms with Gasteiger partial charge in [-0.1, -0.05) is 36.4 Å². The summed E-state index contributed by atoms with van der Waals surface area (Å²) in [5.41, 5.74) is 2.92. The van der Waals surface area contributed by atoms with Crippen LogP contribution in [0.3, 0.4) is 0 Å². The Balaban J connectivity index is 1.34. The van der Waals surface area contributed by atoms with Crippen LogP contribution in [0.4, 0.5) is 5.69 Å². The lowest BCUT2D eigenvalue weighted by Crippen LogP contribution is -2.40. The molecule has 0 radical (unpaired) electrons. The van der Waals surface area contributed by atoms with Gasteiger partial charge in [-0.15, -0.1) is 5.10 Å². The molecule has 0 aliphatic carbocycles. The number of tetrazole rings is 1. The first-order valence-electron chi connectivity index (χ1n) is 9.72. The van der Waals surface area contributed by atoms with Crippen molar-refractivity contribution in [3.05, 3.63) is 66.5 Å². The average molecular weight is 376 g/mol. The van der Waals surface area contributed by atoms with Gasteiger partial charge in [-0.2, -0.15) is 0 Å². The molecule has 0 spiro atoms. The molecule has 1 aromatic heterocycles. The minimum absolute atomic E-state index is 0.0612. The molecule has 1 saturated heterocycles. The second kappa shape index (κ2) is 8.75. The van der Waals surface area contributed by atoms with Crippen LogP contribution >= 0.6 is 0 Å². The number of carbonyl (C=O) groups is 1. The number of aryl methyl sites for hydroxylation is 1. The maximum Gasteiger partial charge on any atom is 0.241 e. The molecule has 144 valence electrons. The molecular weight excluding hydrogens is 352 g/mol. The predicted molar refractivity (Wildman–Crippen MR) is 107 cm³/mol. The third-order valence-corrected chi connectivity index (χ3v) is 5.15. The largest absolute Gasteiger partial charge is 0.325 e. The van der Waals surface area contributed by atoms with Crippen LogP contribution in [0.15, 0.2) is 60.9 Å². The SMILES string of the molecule is O=C(Nc1cccc(-n2cnnn2)c1)[C@@H]1CCCN1CCCc1ccccc1. The lowest BCUT2D eigenvalue weighted by atomic mass is 10.1. The molecule has 7 heteroatoms. The van der Waals surface area contributed by atoms with Crippen LogP contribution in [0.2, 0.25) is 0 Å². The number of nitrogens with one attached hydrogen (secondary N) is 1. The molecule has 2 aromatic carbocycles. The second-order valence-electron chi connectivity index (χ2n) is 7.08. The zero-order valence-electron chi connectivity index (χ0n) is 15.7. The maximum atomic E-state index is 12.9. The number of carbonyl (C=O) groups excluding carboxylic acids is 1. The highest BCUT2D eigenvalue weighted by atomic mass is 16.2. The van der Waals surface area contributed by atoms with Gasteiger partial charge >= 0.3 is 0 Å². The molecule has 1 aliphatic heterocycles. The van der Waals surface area contributed by atoms with Gasteiger partial charge in [-0.05, 0) is 73.0 Å². The van der Waals surface area contributed by atoms with Crippen LogP contribution in [0, 0.1) is 0 Å². The zero-order chi connectivity index (χ0) is 19.2. The van der Waals surface area contributed by atoms with E-state index in [9.17, 15) is 4.79 Å². The van der Waals surface area contributed by atoms with E-state index in [1.54, 1.807) is 4.68 Å². The Morgan fingerprint density at radius 1 is 1.14 bits per heavy atom. The summed E-state index contributed by atoms with van der Waals surface area (Å²) >= 11 is 0. The van der Waals surface area contributed by atoms with E-state index in [-0.39, 0.29) is 11.9 Å². The molecule has 1 aliphatic rings. The predicted octanol–water partition coefficient (Wildman–Crippen LogP) is 2.70. The summed E-state index contributed by atoms with van der Waals surface area (Å²) in [4.78, 5) is 15.2. The van der Waals surface area contributed by atoms with E-state index in [0.717, 1.165) is 50.1 Å². The van der Waals surface area contributed by atoms with E-state index in [1.165, 1.54) is 11.9 Å². The molecule has 4 rings (SSSR count). The van der Waals surface area contributed by atoms with Crippen LogP contribution in [-0.2, 0) is 11.2 Å². The summed E-state index contributed by atoms with van der Waals surface area (Å²) in [6.45, 7) is 1.93. The van der Waals surface area contributed by atoms with Crippen molar-refractivity contribution in [3.8, 4) is 5.69 Å². The van der Waals surface area contributed by atoms with Gasteiger partial charge in [0.2, 0.25) is 5.91 Å². The Hall–Kier alpha value is -3.06. The summed E-state index contributed by atoms with van der Waals surface area (Å²) in [5, 5.41) is 14.3. The van der Waals surface area contributed by atoms with Crippen molar-refractivity contribution in [3.63, 3.8) is 0 Å². The molecule has 7 nitrogen and oxygen atoms in total. The van der Waals surface area contributed by atoms with E-state index < -0.39 is 0 Å². The molecule has 0 unspecified atom stereocenters. The Kier molecular flexibility index (Phi) is 5.72. The molecule has 3 aromatic rings. The van der Waals surface area contributed by atoms with Crippen molar-refractivity contribution >= 4 is 11.6 Å². The van der Waals surface area contributed by atoms with E-state index >= 15 is 0 Å². The Morgan fingerprint density at radius 3 is 2.86 bits per heavy atom. The molecule has 0 bridgehead atoms. The van der Waals surface area contributed by atoms with Gasteiger partial charge in [-0.25, -0.2) is 4.68 Å². The maximum absolute atomic E-state index is 12.9. The highest BCUT2D eigenvalue weighted by Gasteiger charge is 2.30. The fourth-order valence-corrected chi connectivity index (χ4v) is 3.75. The molecular formula is C21H24N6O. The molecule has 28 heavy (non-hydrogen) atoms. The number of hydrogen-bond donors (Lipinski definition) is 1. The van der Waals surface area contributed by atoms with Gasteiger partial charge < -0.3 is 5.32 Å². The number of amides is 1. The first kappa shape index (κ1) is 18.3. The van der Waals surface area contributed by atoms with Crippen LogP contribution in [-0.4, -0.2) is 50.1 Å². The van der Waals surface area contributed by atoms with E-state index in [2.05, 4.69) is 50.0 Å². The number of hydrogen-bond acceptors (Lipinski definition) is 5. The number of rotatable bonds is 7. The van der Waals surface area contributed by atoms with E-state index in [0.29, 0.717) is 0 Å². The van der Waals surface area contributed by atoms with Gasteiger partial charge in [0.05, 0.1) is 11.7 Å². The standard InChI is InChI=1S/C21H24N6O/c28-21(23-18-10-4-11-19(15-18)27-16-22-24-25-27)20-12-6-14-26(20)13-5-9-17-7-2-1-3-8-17/h1-4,7-8,10-11,15-16,20H,5-6,9,12-14H2,(H,23,28)/t20-/m0/s1. The molecule has 1 fully saturated rings. The Morgan fingerprint density at radius 2 is 2.04 bits per heavy atom. The summed E-state index contributed by atoms with van der Waals surface area (Å²) in [7, 11) is 0. The van der Waals surface area contributed by atoms with Gasteiger partial charge in [0.25, 0.3) is 0 Å². The van der Waals surface area contributed by atoms with Crippen LogP contribution in [0.5, 0.6) is 0 Å². The van der Waals surface area contributed by atoms with E-state index in [4.69, 9.17) is 0 Å². The highest BCUT2D eigenvalue weighted by Crippen LogP contribution is 2.21. The first-order chi connectivity index (χ1) is 13.8. The lowest BCUT2D eigenvalue weighted by Gasteiger charge is -2.23. The molecule has 1 atom stereocenters. The molecule has 2 heterocycles. The third-order valence-electron chi connectivity index (χ3n) is 5.15. The summed E-state index contributed by atoms with van der Waals surface area (Å²) in [5.74, 6) is 0.0612. The normalized spacial score (nSPS) is 16.9. The smallest absolute Gasteiger partial charge is 0.241 e.